The standard InChI is InChI=1S/C14H21N3OS/c1-8(2)4-10(7-18)17-12-6-13-14(5-11(12)15)19-9(3)16-13/h5-6,8,10,17-18H,4,7,15H2,1-3H3. The molecule has 19 heavy (non-hydrogen) atoms. The summed E-state index contributed by atoms with van der Waals surface area (Å²) in [4.78, 5) is 4.47. The second-order valence-electron chi connectivity index (χ2n) is 5.29. The van der Waals surface area contributed by atoms with Crippen LogP contribution in [0.3, 0.4) is 0 Å². The van der Waals surface area contributed by atoms with Crippen LogP contribution in [0.2, 0.25) is 0 Å². The Bertz CT molecular complexity index is 565. The minimum Gasteiger partial charge on any atom is -0.397 e. The average molecular weight is 279 g/mol. The highest BCUT2D eigenvalue weighted by molar-refractivity contribution is 7.18. The minimum absolute atomic E-state index is 0.0273. The number of fused-ring (bicyclic) bond motifs is 1. The lowest BCUT2D eigenvalue weighted by atomic mass is 10.0. The van der Waals surface area contributed by atoms with Crippen molar-refractivity contribution in [3.05, 3.63) is 17.1 Å². The van der Waals surface area contributed by atoms with E-state index in [0.717, 1.165) is 27.3 Å². The van der Waals surface area contributed by atoms with Crippen molar-refractivity contribution >= 4 is 32.9 Å². The largest absolute Gasteiger partial charge is 0.397 e. The van der Waals surface area contributed by atoms with Gasteiger partial charge in [-0.1, -0.05) is 13.8 Å². The predicted molar refractivity (Wildman–Crippen MR) is 82.7 cm³/mol. The quantitative estimate of drug-likeness (QED) is 0.736. The zero-order valence-electron chi connectivity index (χ0n) is 11.6. The number of nitrogen functional groups attached to an aromatic ring is 1. The van der Waals surface area contributed by atoms with E-state index in [4.69, 9.17) is 5.73 Å². The first-order valence-electron chi connectivity index (χ1n) is 6.53. The van der Waals surface area contributed by atoms with Gasteiger partial charge in [-0.3, -0.25) is 0 Å². The van der Waals surface area contributed by atoms with E-state index in [-0.39, 0.29) is 12.6 Å². The number of nitrogens with two attached hydrogens (primary N) is 1. The SMILES string of the molecule is Cc1nc2cc(NC(CO)CC(C)C)c(N)cc2s1. The third-order valence-electron chi connectivity index (χ3n) is 3.00. The first-order chi connectivity index (χ1) is 8.99. The molecule has 0 bridgehead atoms. The molecule has 0 radical (unpaired) electrons. The van der Waals surface area contributed by atoms with E-state index in [9.17, 15) is 5.11 Å². The summed E-state index contributed by atoms with van der Waals surface area (Å²) in [5, 5.41) is 13.8. The molecule has 1 unspecified atom stereocenters. The molecule has 0 aliphatic heterocycles. The summed E-state index contributed by atoms with van der Waals surface area (Å²) < 4.78 is 1.10. The summed E-state index contributed by atoms with van der Waals surface area (Å²) in [5.41, 5.74) is 8.59. The Morgan fingerprint density at radius 1 is 1.42 bits per heavy atom. The number of aliphatic hydroxyl groups is 1. The van der Waals surface area contributed by atoms with Crippen LogP contribution in [0.4, 0.5) is 11.4 Å². The fourth-order valence-electron chi connectivity index (χ4n) is 2.20. The van der Waals surface area contributed by atoms with Crippen LogP contribution in [0.1, 0.15) is 25.3 Å². The number of hydrogen-bond donors (Lipinski definition) is 3. The van der Waals surface area contributed by atoms with Crippen molar-refractivity contribution in [1.82, 2.24) is 4.98 Å². The molecule has 0 aliphatic carbocycles. The first kappa shape index (κ1) is 14.1. The Hall–Kier alpha value is -1.33. The maximum atomic E-state index is 9.43. The number of anilines is 2. The highest BCUT2D eigenvalue weighted by Crippen LogP contribution is 2.30. The molecule has 1 atom stereocenters. The highest BCUT2D eigenvalue weighted by Gasteiger charge is 2.12. The van der Waals surface area contributed by atoms with Crippen LogP contribution in [-0.4, -0.2) is 22.7 Å². The van der Waals surface area contributed by atoms with Gasteiger partial charge in [-0.15, -0.1) is 11.3 Å². The highest BCUT2D eigenvalue weighted by atomic mass is 32.1. The summed E-state index contributed by atoms with van der Waals surface area (Å²) in [6.45, 7) is 6.37. The van der Waals surface area contributed by atoms with Crippen molar-refractivity contribution in [2.24, 2.45) is 5.92 Å². The molecule has 1 heterocycles. The number of thiazole rings is 1. The van der Waals surface area contributed by atoms with E-state index in [0.29, 0.717) is 11.6 Å². The van der Waals surface area contributed by atoms with Crippen LogP contribution in [0.25, 0.3) is 10.2 Å². The van der Waals surface area contributed by atoms with Gasteiger partial charge < -0.3 is 16.2 Å². The maximum absolute atomic E-state index is 9.43. The van der Waals surface area contributed by atoms with Crippen molar-refractivity contribution < 1.29 is 5.11 Å². The molecule has 1 aromatic carbocycles. The van der Waals surface area contributed by atoms with Gasteiger partial charge in [0.1, 0.15) is 0 Å². The zero-order chi connectivity index (χ0) is 14.0. The number of aromatic nitrogens is 1. The van der Waals surface area contributed by atoms with E-state index >= 15 is 0 Å². The Labute approximate surface area is 117 Å². The number of hydrogen-bond acceptors (Lipinski definition) is 5. The first-order valence-corrected chi connectivity index (χ1v) is 7.35. The van der Waals surface area contributed by atoms with E-state index in [1.807, 2.05) is 19.1 Å². The van der Waals surface area contributed by atoms with Crippen molar-refractivity contribution in [3.8, 4) is 0 Å². The average Bonchev–Trinajstić information content (AvgIpc) is 2.67. The monoisotopic (exact) mass is 279 g/mol. The molecule has 0 spiro atoms. The Morgan fingerprint density at radius 3 is 2.79 bits per heavy atom. The third kappa shape index (κ3) is 3.36. The number of aliphatic hydroxyl groups excluding tert-OH is 1. The molecule has 2 aromatic rings. The maximum Gasteiger partial charge on any atom is 0.0907 e. The van der Waals surface area contributed by atoms with Gasteiger partial charge in [0.25, 0.3) is 0 Å². The molecule has 4 N–H and O–H groups in total. The lowest BCUT2D eigenvalue weighted by Crippen LogP contribution is -2.26. The predicted octanol–water partition coefficient (Wildman–Crippen LogP) is 3.01. The fourth-order valence-corrected chi connectivity index (χ4v) is 3.06. The van der Waals surface area contributed by atoms with Crippen LogP contribution in [0, 0.1) is 12.8 Å². The van der Waals surface area contributed by atoms with Gasteiger partial charge in [-0.25, -0.2) is 4.98 Å². The molecular weight excluding hydrogens is 258 g/mol. The van der Waals surface area contributed by atoms with Crippen LogP contribution in [0.15, 0.2) is 12.1 Å². The summed E-state index contributed by atoms with van der Waals surface area (Å²) in [7, 11) is 0. The topological polar surface area (TPSA) is 71.2 Å². The lowest BCUT2D eigenvalue weighted by Gasteiger charge is -2.20. The number of rotatable bonds is 5. The number of nitrogens with zero attached hydrogens (tertiary/aromatic N) is 1. The number of benzene rings is 1. The second-order valence-corrected chi connectivity index (χ2v) is 6.53. The summed E-state index contributed by atoms with van der Waals surface area (Å²) in [6, 6.07) is 3.95. The molecule has 0 fully saturated rings. The van der Waals surface area contributed by atoms with Crippen LogP contribution in [0.5, 0.6) is 0 Å². The smallest absolute Gasteiger partial charge is 0.0907 e. The van der Waals surface area contributed by atoms with E-state index in [1.54, 1.807) is 11.3 Å². The van der Waals surface area contributed by atoms with Gasteiger partial charge >= 0.3 is 0 Å². The van der Waals surface area contributed by atoms with Gasteiger partial charge in [-0.2, -0.15) is 0 Å². The second kappa shape index (κ2) is 5.75. The fraction of sp³-hybridized carbons (Fsp3) is 0.500. The van der Waals surface area contributed by atoms with Crippen LogP contribution >= 0.6 is 11.3 Å². The molecular formula is C14H21N3OS. The van der Waals surface area contributed by atoms with Crippen molar-refractivity contribution in [2.45, 2.75) is 33.2 Å². The summed E-state index contributed by atoms with van der Waals surface area (Å²) in [5.74, 6) is 0.524. The molecule has 0 saturated carbocycles. The van der Waals surface area contributed by atoms with E-state index in [2.05, 4.69) is 24.1 Å². The molecule has 4 nitrogen and oxygen atoms in total. The Balaban J connectivity index is 2.25. The van der Waals surface area contributed by atoms with Crippen molar-refractivity contribution in [2.75, 3.05) is 17.7 Å². The lowest BCUT2D eigenvalue weighted by molar-refractivity contribution is 0.259. The third-order valence-corrected chi connectivity index (χ3v) is 3.94. The van der Waals surface area contributed by atoms with Gasteiger partial charge in [0, 0.05) is 6.04 Å². The molecule has 2 rings (SSSR count). The molecule has 0 saturated heterocycles. The summed E-state index contributed by atoms with van der Waals surface area (Å²) in [6.07, 6.45) is 0.907. The van der Waals surface area contributed by atoms with Crippen molar-refractivity contribution in [1.29, 1.82) is 0 Å². The Kier molecular flexibility index (Phi) is 4.27. The molecule has 0 aliphatic rings. The summed E-state index contributed by atoms with van der Waals surface area (Å²) >= 11 is 1.64. The molecule has 1 aromatic heterocycles. The van der Waals surface area contributed by atoms with E-state index in [1.165, 1.54) is 0 Å². The van der Waals surface area contributed by atoms with Gasteiger partial charge in [0.2, 0.25) is 0 Å². The zero-order valence-corrected chi connectivity index (χ0v) is 12.4. The minimum atomic E-state index is 0.0273. The van der Waals surface area contributed by atoms with Crippen LogP contribution < -0.4 is 11.1 Å². The van der Waals surface area contributed by atoms with Gasteiger partial charge in [0.05, 0.1) is 33.2 Å². The number of aryl methyl sites for hydroxylation is 1. The Morgan fingerprint density at radius 2 is 2.16 bits per heavy atom. The molecule has 5 heteroatoms. The molecule has 104 valence electrons. The van der Waals surface area contributed by atoms with Gasteiger partial charge in [0.15, 0.2) is 0 Å². The van der Waals surface area contributed by atoms with Crippen LogP contribution in [-0.2, 0) is 0 Å². The normalized spacial score (nSPS) is 13.1. The molecule has 0 amide bonds. The van der Waals surface area contributed by atoms with E-state index < -0.39 is 0 Å². The van der Waals surface area contributed by atoms with Gasteiger partial charge in [-0.05, 0) is 31.4 Å². The number of nitrogens with one attached hydrogen (secondary N) is 1. The van der Waals surface area contributed by atoms with Crippen molar-refractivity contribution in [3.63, 3.8) is 0 Å².